The van der Waals surface area contributed by atoms with Crippen LogP contribution in [0.1, 0.15) is 22.8 Å². The molecule has 1 aliphatic heterocycles. The molecule has 7 nitrogen and oxygen atoms in total. The van der Waals surface area contributed by atoms with Crippen molar-refractivity contribution in [3.63, 3.8) is 0 Å². The van der Waals surface area contributed by atoms with Crippen molar-refractivity contribution < 1.29 is 23.8 Å². The van der Waals surface area contributed by atoms with Crippen molar-refractivity contribution in [1.82, 2.24) is 0 Å². The normalized spacial score (nSPS) is 12.2. The Morgan fingerprint density at radius 2 is 2.04 bits per heavy atom. The lowest BCUT2D eigenvalue weighted by Gasteiger charge is -2.06. The highest BCUT2D eigenvalue weighted by Crippen LogP contribution is 2.40. The number of benzene rings is 2. The Labute approximate surface area is 169 Å². The molecular weight excluding hydrogens is 428 g/mol. The second kappa shape index (κ2) is 8.59. The fourth-order valence-electron chi connectivity index (χ4n) is 2.49. The number of carbonyl (C=O) groups is 2. The highest BCUT2D eigenvalue weighted by molar-refractivity contribution is 9.10. The van der Waals surface area contributed by atoms with Gasteiger partial charge in [0.05, 0.1) is 16.6 Å². The third-order valence-electron chi connectivity index (χ3n) is 3.78. The van der Waals surface area contributed by atoms with E-state index in [9.17, 15) is 14.9 Å². The smallest absolute Gasteiger partial charge is 0.338 e. The number of fused-ring (bicyclic) bond motifs is 1. The number of hydrogen-bond acceptors (Lipinski definition) is 6. The van der Waals surface area contributed by atoms with Crippen LogP contribution in [0.25, 0.3) is 6.08 Å². The Hall–Kier alpha value is -3.31. The molecule has 0 unspecified atom stereocenters. The van der Waals surface area contributed by atoms with Gasteiger partial charge in [-0.1, -0.05) is 0 Å². The first kappa shape index (κ1) is 19.5. The van der Waals surface area contributed by atoms with Crippen molar-refractivity contribution in [2.24, 2.45) is 0 Å². The molecule has 28 heavy (non-hydrogen) atoms. The molecule has 3 rings (SSSR count). The molecule has 2 aromatic carbocycles. The van der Waals surface area contributed by atoms with Crippen LogP contribution in [-0.2, 0) is 9.53 Å². The lowest BCUT2D eigenvalue weighted by Crippen LogP contribution is -2.13. The molecule has 1 amide bonds. The van der Waals surface area contributed by atoms with Crippen LogP contribution in [-0.4, -0.2) is 25.3 Å². The Balaban J connectivity index is 1.75. The summed E-state index contributed by atoms with van der Waals surface area (Å²) in [7, 11) is 0. The van der Waals surface area contributed by atoms with Gasteiger partial charge in [-0.05, 0) is 70.9 Å². The fourth-order valence-corrected chi connectivity index (χ4v) is 3.06. The Morgan fingerprint density at radius 1 is 1.29 bits per heavy atom. The molecule has 0 radical (unpaired) electrons. The summed E-state index contributed by atoms with van der Waals surface area (Å²) in [5, 5.41) is 12.0. The van der Waals surface area contributed by atoms with E-state index in [2.05, 4.69) is 21.2 Å². The van der Waals surface area contributed by atoms with Gasteiger partial charge in [0.1, 0.15) is 11.6 Å². The molecule has 8 heteroatoms. The van der Waals surface area contributed by atoms with Crippen LogP contribution in [0.15, 0.2) is 46.4 Å². The SMILES string of the molecule is CCOC(=O)c1ccc(NC(=O)/C(C#N)=C/c2cc(Br)c3c(c2)OCO3)cc1. The van der Waals surface area contributed by atoms with Crippen LogP contribution in [0, 0.1) is 11.3 Å². The van der Waals surface area contributed by atoms with Crippen LogP contribution in [0.5, 0.6) is 11.5 Å². The van der Waals surface area contributed by atoms with Crippen LogP contribution < -0.4 is 14.8 Å². The number of amides is 1. The van der Waals surface area contributed by atoms with E-state index in [1.54, 1.807) is 31.2 Å². The van der Waals surface area contributed by atoms with Crippen molar-refractivity contribution in [3.05, 3.63) is 57.6 Å². The summed E-state index contributed by atoms with van der Waals surface area (Å²) < 4.78 is 16.2. The lowest BCUT2D eigenvalue weighted by atomic mass is 10.1. The van der Waals surface area contributed by atoms with E-state index in [0.29, 0.717) is 32.8 Å². The van der Waals surface area contributed by atoms with Crippen molar-refractivity contribution >= 4 is 39.6 Å². The van der Waals surface area contributed by atoms with Gasteiger partial charge < -0.3 is 19.5 Å². The van der Waals surface area contributed by atoms with Gasteiger partial charge >= 0.3 is 5.97 Å². The number of nitrogens with one attached hydrogen (secondary N) is 1. The molecule has 1 aliphatic rings. The van der Waals surface area contributed by atoms with Gasteiger partial charge in [-0.15, -0.1) is 0 Å². The molecular formula is C20H15BrN2O5. The van der Waals surface area contributed by atoms with Crippen LogP contribution in [0.2, 0.25) is 0 Å². The first-order valence-corrected chi connectivity index (χ1v) is 9.10. The monoisotopic (exact) mass is 442 g/mol. The molecule has 0 saturated carbocycles. The quantitative estimate of drug-likeness (QED) is 0.428. The molecule has 0 bridgehead atoms. The summed E-state index contributed by atoms with van der Waals surface area (Å²) in [5.74, 6) is 0.112. The van der Waals surface area contributed by atoms with Gasteiger partial charge in [0.15, 0.2) is 11.5 Å². The maximum atomic E-state index is 12.4. The molecule has 0 saturated heterocycles. The number of hydrogen-bond donors (Lipinski definition) is 1. The van der Waals surface area contributed by atoms with Crippen LogP contribution >= 0.6 is 15.9 Å². The van der Waals surface area contributed by atoms with Gasteiger partial charge in [-0.3, -0.25) is 4.79 Å². The molecule has 0 aliphatic carbocycles. The van der Waals surface area contributed by atoms with Gasteiger partial charge in [0, 0.05) is 5.69 Å². The fraction of sp³-hybridized carbons (Fsp3) is 0.150. The Kier molecular flexibility index (Phi) is 5.96. The Morgan fingerprint density at radius 3 is 2.71 bits per heavy atom. The molecule has 0 aromatic heterocycles. The van der Waals surface area contributed by atoms with Crippen LogP contribution in [0.4, 0.5) is 5.69 Å². The number of carbonyl (C=O) groups excluding carboxylic acids is 2. The van der Waals surface area contributed by atoms with Crippen molar-refractivity contribution in [1.29, 1.82) is 5.26 Å². The standard InChI is InChI=1S/C20H15BrN2O5/c1-2-26-20(25)13-3-5-15(6-4-13)23-19(24)14(10-22)7-12-8-16(21)18-17(9-12)27-11-28-18/h3-9H,2,11H2,1H3,(H,23,24)/b14-7+. The number of esters is 1. The summed E-state index contributed by atoms with van der Waals surface area (Å²) >= 11 is 3.37. The van der Waals surface area contributed by atoms with Crippen molar-refractivity contribution in [2.75, 3.05) is 18.7 Å². The number of nitrogens with zero attached hydrogens (tertiary/aromatic N) is 1. The van der Waals surface area contributed by atoms with E-state index in [4.69, 9.17) is 14.2 Å². The number of ether oxygens (including phenoxy) is 3. The third-order valence-corrected chi connectivity index (χ3v) is 4.37. The molecule has 1 heterocycles. The minimum atomic E-state index is -0.569. The molecule has 2 aromatic rings. The van der Waals surface area contributed by atoms with Gasteiger partial charge in [-0.25, -0.2) is 4.79 Å². The van der Waals surface area contributed by atoms with Gasteiger partial charge in [-0.2, -0.15) is 5.26 Å². The molecule has 0 atom stereocenters. The summed E-state index contributed by atoms with van der Waals surface area (Å²) in [6, 6.07) is 11.5. The minimum absolute atomic E-state index is 0.0831. The van der Waals surface area contributed by atoms with Gasteiger partial charge in [0.25, 0.3) is 5.91 Å². The van der Waals surface area contributed by atoms with Crippen molar-refractivity contribution in [3.8, 4) is 17.6 Å². The zero-order valence-electron chi connectivity index (χ0n) is 14.8. The first-order valence-electron chi connectivity index (χ1n) is 8.31. The van der Waals surface area contributed by atoms with Gasteiger partial charge in [0.2, 0.25) is 6.79 Å². The van der Waals surface area contributed by atoms with E-state index in [-0.39, 0.29) is 19.0 Å². The van der Waals surface area contributed by atoms with Crippen LogP contribution in [0.3, 0.4) is 0 Å². The van der Waals surface area contributed by atoms with Crippen molar-refractivity contribution in [2.45, 2.75) is 6.92 Å². The van der Waals surface area contributed by atoms with E-state index in [0.717, 1.165) is 0 Å². The van der Waals surface area contributed by atoms with E-state index >= 15 is 0 Å². The number of anilines is 1. The van der Waals surface area contributed by atoms with E-state index in [1.165, 1.54) is 18.2 Å². The Bertz CT molecular complexity index is 993. The molecule has 142 valence electrons. The number of rotatable bonds is 5. The number of halogens is 1. The number of nitriles is 1. The zero-order chi connectivity index (χ0) is 20.1. The highest BCUT2D eigenvalue weighted by atomic mass is 79.9. The first-order chi connectivity index (χ1) is 13.5. The summed E-state index contributed by atoms with van der Waals surface area (Å²) in [6.07, 6.45) is 1.45. The highest BCUT2D eigenvalue weighted by Gasteiger charge is 2.18. The largest absolute Gasteiger partial charge is 0.462 e. The maximum Gasteiger partial charge on any atom is 0.338 e. The third kappa shape index (κ3) is 4.32. The molecule has 0 spiro atoms. The molecule has 0 fully saturated rings. The molecule has 1 N–H and O–H groups in total. The zero-order valence-corrected chi connectivity index (χ0v) is 16.4. The summed E-state index contributed by atoms with van der Waals surface area (Å²) in [4.78, 5) is 24.1. The second-order valence-electron chi connectivity index (χ2n) is 5.66. The lowest BCUT2D eigenvalue weighted by molar-refractivity contribution is -0.112. The minimum Gasteiger partial charge on any atom is -0.462 e. The topological polar surface area (TPSA) is 97.7 Å². The summed E-state index contributed by atoms with van der Waals surface area (Å²) in [5.41, 5.74) is 1.35. The predicted molar refractivity (Wildman–Crippen MR) is 105 cm³/mol. The second-order valence-corrected chi connectivity index (χ2v) is 6.51. The van der Waals surface area contributed by atoms with E-state index < -0.39 is 11.9 Å². The summed E-state index contributed by atoms with van der Waals surface area (Å²) in [6.45, 7) is 2.12. The maximum absolute atomic E-state index is 12.4. The average molecular weight is 443 g/mol. The average Bonchev–Trinajstić information content (AvgIpc) is 3.16. The predicted octanol–water partition coefficient (Wildman–Crippen LogP) is 3.90. The van der Waals surface area contributed by atoms with E-state index in [1.807, 2.05) is 6.07 Å².